The van der Waals surface area contributed by atoms with Crippen molar-refractivity contribution < 1.29 is 17.5 Å². The van der Waals surface area contributed by atoms with Gasteiger partial charge in [0.05, 0.1) is 29.6 Å². The molecule has 6 rings (SSSR count). The number of hydrogen-bond acceptors (Lipinski definition) is 8. The molecule has 1 aromatic carbocycles. The fourth-order valence-electron chi connectivity index (χ4n) is 4.41. The van der Waals surface area contributed by atoms with E-state index < -0.39 is 16.0 Å². The highest BCUT2D eigenvalue weighted by Crippen LogP contribution is 2.43. The van der Waals surface area contributed by atoms with E-state index in [4.69, 9.17) is 4.74 Å². The van der Waals surface area contributed by atoms with E-state index in [0.717, 1.165) is 18.5 Å². The van der Waals surface area contributed by atoms with Gasteiger partial charge in [0.25, 0.3) is 10.0 Å². The maximum Gasteiger partial charge on any atom is 0.269 e. The summed E-state index contributed by atoms with van der Waals surface area (Å²) in [5.74, 6) is 0.359. The highest BCUT2D eigenvalue weighted by atomic mass is 32.2. The summed E-state index contributed by atoms with van der Waals surface area (Å²) in [5.41, 5.74) is 2.67. The van der Waals surface area contributed by atoms with Crippen LogP contribution in [0.5, 0.6) is 5.88 Å². The fourth-order valence-corrected chi connectivity index (χ4v) is 5.77. The molecule has 5 aromatic rings. The molecular weight excluding hydrogens is 507 g/mol. The normalized spacial score (nSPS) is 13.5. The molecule has 1 saturated carbocycles. The minimum atomic E-state index is -3.92. The second-order valence-corrected chi connectivity index (χ2v) is 10.9. The van der Waals surface area contributed by atoms with Gasteiger partial charge in [-0.05, 0) is 42.7 Å². The summed E-state index contributed by atoms with van der Waals surface area (Å²) < 4.78 is 48.5. The number of fused-ring (bicyclic) bond motifs is 1. The van der Waals surface area contributed by atoms with Crippen molar-refractivity contribution in [2.45, 2.75) is 30.1 Å². The van der Waals surface area contributed by atoms with E-state index in [0.29, 0.717) is 39.5 Å². The van der Waals surface area contributed by atoms with Gasteiger partial charge in [-0.3, -0.25) is 0 Å². The van der Waals surface area contributed by atoms with Crippen LogP contribution in [0.1, 0.15) is 35.6 Å². The molecule has 1 aliphatic rings. The van der Waals surface area contributed by atoms with Gasteiger partial charge in [-0.25, -0.2) is 32.3 Å². The van der Waals surface area contributed by atoms with Crippen LogP contribution >= 0.6 is 0 Å². The van der Waals surface area contributed by atoms with Crippen LogP contribution in [0.15, 0.2) is 78.2 Å². The topological polar surface area (TPSA) is 112 Å². The number of nitrogens with one attached hydrogen (secondary N) is 1. The Morgan fingerprint density at radius 1 is 1.03 bits per heavy atom. The number of halogens is 1. The van der Waals surface area contributed by atoms with Gasteiger partial charge in [-0.15, -0.1) is 0 Å². The lowest BCUT2D eigenvalue weighted by atomic mass is 10.0. The summed E-state index contributed by atoms with van der Waals surface area (Å²) in [7, 11) is -2.40. The van der Waals surface area contributed by atoms with Gasteiger partial charge in [0.2, 0.25) is 11.8 Å². The molecule has 4 aromatic heterocycles. The average molecular weight is 531 g/mol. The number of methoxy groups -OCH3 is 1. The van der Waals surface area contributed by atoms with Crippen molar-refractivity contribution in [1.82, 2.24) is 23.9 Å². The maximum atomic E-state index is 15.2. The molecule has 38 heavy (non-hydrogen) atoms. The Hall–Kier alpha value is -4.38. The Labute approximate surface area is 218 Å². The molecule has 0 unspecified atom stereocenters. The Balaban J connectivity index is 1.37. The van der Waals surface area contributed by atoms with Crippen LogP contribution in [-0.2, 0) is 16.4 Å². The quantitative estimate of drug-likeness (QED) is 0.284. The highest BCUT2D eigenvalue weighted by Gasteiger charge is 2.31. The molecule has 0 aliphatic heterocycles. The molecule has 11 heteroatoms. The number of benzene rings is 1. The lowest BCUT2D eigenvalue weighted by molar-refractivity contribution is 0.398. The molecule has 4 heterocycles. The molecule has 9 nitrogen and oxygen atoms in total. The fraction of sp³-hybridized carbons (Fsp3) is 0.185. The number of aromatic nitrogens is 5. The first-order valence-electron chi connectivity index (χ1n) is 12.0. The molecule has 0 radical (unpaired) electrons. The molecule has 0 atom stereocenters. The lowest BCUT2D eigenvalue weighted by Crippen LogP contribution is -2.12. The SMILES string of the molecule is COc1ccc(Nc2ccc(Cc3cn(S(=O)(=O)c4ccccc4)c4ncnc(C5CC5)c34)c(F)n2)cn1. The Morgan fingerprint density at radius 3 is 2.53 bits per heavy atom. The van der Waals surface area contributed by atoms with Crippen LogP contribution in [0.2, 0.25) is 0 Å². The average Bonchev–Trinajstić information content (AvgIpc) is 3.72. The van der Waals surface area contributed by atoms with Crippen molar-refractivity contribution in [1.29, 1.82) is 0 Å². The molecule has 192 valence electrons. The number of ether oxygens (including phenoxy) is 1. The van der Waals surface area contributed by atoms with Gasteiger partial charge in [0, 0.05) is 35.6 Å². The zero-order valence-electron chi connectivity index (χ0n) is 20.4. The molecule has 0 saturated heterocycles. The van der Waals surface area contributed by atoms with E-state index in [2.05, 4.69) is 25.3 Å². The van der Waals surface area contributed by atoms with E-state index in [9.17, 15) is 8.42 Å². The Bertz CT molecular complexity index is 1740. The third-order valence-electron chi connectivity index (χ3n) is 6.45. The van der Waals surface area contributed by atoms with Crippen molar-refractivity contribution >= 4 is 32.6 Å². The van der Waals surface area contributed by atoms with Crippen molar-refractivity contribution in [2.75, 3.05) is 12.4 Å². The number of rotatable bonds is 8. The van der Waals surface area contributed by atoms with E-state index in [1.165, 1.54) is 35.7 Å². The second kappa shape index (κ2) is 9.49. The molecule has 0 spiro atoms. The Morgan fingerprint density at radius 2 is 1.84 bits per heavy atom. The highest BCUT2D eigenvalue weighted by molar-refractivity contribution is 7.90. The number of hydrogen-bond donors (Lipinski definition) is 1. The summed E-state index contributed by atoms with van der Waals surface area (Å²) in [6.45, 7) is 0. The van der Waals surface area contributed by atoms with E-state index in [-0.39, 0.29) is 17.2 Å². The first kappa shape index (κ1) is 24.0. The van der Waals surface area contributed by atoms with E-state index >= 15 is 4.39 Å². The molecule has 0 bridgehead atoms. The standard InChI is InChI=1S/C27H23FN6O3S/c1-37-23-12-10-20(14-29-23)32-22-11-9-18(26(28)33-22)13-19-15-34(38(35,36)21-5-3-2-4-6-21)27-24(19)25(17-7-8-17)30-16-31-27/h2-6,9-12,14-17H,7-8,13H2,1H3,(H,32,33). The van der Waals surface area contributed by atoms with Crippen LogP contribution in [0.3, 0.4) is 0 Å². The van der Waals surface area contributed by atoms with E-state index in [1.807, 2.05) is 0 Å². The van der Waals surface area contributed by atoms with Crippen molar-refractivity contribution in [2.24, 2.45) is 0 Å². The summed E-state index contributed by atoms with van der Waals surface area (Å²) in [6.07, 6.45) is 6.56. The first-order chi connectivity index (χ1) is 18.4. The first-order valence-corrected chi connectivity index (χ1v) is 13.5. The van der Waals surface area contributed by atoms with Gasteiger partial charge < -0.3 is 10.1 Å². The van der Waals surface area contributed by atoms with Gasteiger partial charge in [0.15, 0.2) is 5.65 Å². The molecule has 1 N–H and O–H groups in total. The number of anilines is 2. The van der Waals surface area contributed by atoms with Crippen LogP contribution in [0.4, 0.5) is 15.9 Å². The third kappa shape index (κ3) is 4.45. The Kier molecular flexibility index (Phi) is 5.99. The van der Waals surface area contributed by atoms with Crippen LogP contribution in [-0.4, -0.2) is 39.4 Å². The number of nitrogens with zero attached hydrogens (tertiary/aromatic N) is 5. The molecule has 0 amide bonds. The van der Waals surface area contributed by atoms with Crippen molar-refractivity contribution in [3.63, 3.8) is 0 Å². The molecular formula is C27H23FN6O3S. The van der Waals surface area contributed by atoms with Crippen LogP contribution in [0, 0.1) is 5.95 Å². The van der Waals surface area contributed by atoms with Crippen LogP contribution < -0.4 is 10.1 Å². The van der Waals surface area contributed by atoms with Gasteiger partial charge >= 0.3 is 0 Å². The largest absolute Gasteiger partial charge is 0.481 e. The van der Waals surface area contributed by atoms with E-state index in [1.54, 1.807) is 48.7 Å². The minimum absolute atomic E-state index is 0.129. The zero-order chi connectivity index (χ0) is 26.3. The lowest BCUT2D eigenvalue weighted by Gasteiger charge is -2.08. The minimum Gasteiger partial charge on any atom is -0.481 e. The van der Waals surface area contributed by atoms with Gasteiger partial charge in [-0.2, -0.15) is 4.39 Å². The second-order valence-electron chi connectivity index (χ2n) is 9.04. The zero-order valence-corrected chi connectivity index (χ0v) is 21.2. The van der Waals surface area contributed by atoms with Gasteiger partial charge in [0.1, 0.15) is 12.1 Å². The predicted octanol–water partition coefficient (Wildman–Crippen LogP) is 4.82. The number of pyridine rings is 2. The maximum absolute atomic E-state index is 15.2. The smallest absolute Gasteiger partial charge is 0.269 e. The van der Waals surface area contributed by atoms with Crippen molar-refractivity contribution in [3.8, 4) is 5.88 Å². The summed E-state index contributed by atoms with van der Waals surface area (Å²) >= 11 is 0. The summed E-state index contributed by atoms with van der Waals surface area (Å²) in [4.78, 5) is 17.2. The summed E-state index contributed by atoms with van der Waals surface area (Å²) in [6, 6.07) is 14.9. The molecule has 1 aliphatic carbocycles. The molecule has 1 fully saturated rings. The van der Waals surface area contributed by atoms with Crippen LogP contribution in [0.25, 0.3) is 11.0 Å². The predicted molar refractivity (Wildman–Crippen MR) is 140 cm³/mol. The van der Waals surface area contributed by atoms with Crippen molar-refractivity contribution in [3.05, 3.63) is 96.1 Å². The third-order valence-corrected chi connectivity index (χ3v) is 8.11. The monoisotopic (exact) mass is 530 g/mol. The summed E-state index contributed by atoms with van der Waals surface area (Å²) in [5, 5.41) is 3.67. The van der Waals surface area contributed by atoms with Gasteiger partial charge in [-0.1, -0.05) is 24.3 Å².